The molecule has 0 saturated heterocycles. The Morgan fingerprint density at radius 2 is 2.15 bits per heavy atom. The predicted octanol–water partition coefficient (Wildman–Crippen LogP) is 1.46. The molecule has 0 radical (unpaired) electrons. The van der Waals surface area contributed by atoms with Crippen LogP contribution in [0.15, 0.2) is 0 Å². The topological polar surface area (TPSA) is 63.1 Å². The molecule has 0 aliphatic carbocycles. The van der Waals surface area contributed by atoms with Crippen molar-refractivity contribution in [2.24, 2.45) is 0 Å². The molecular formula is C8H12N2O2S. The molecule has 0 bridgehead atoms. The summed E-state index contributed by atoms with van der Waals surface area (Å²) < 4.78 is 4.11. The third-order valence-electron chi connectivity index (χ3n) is 1.44. The molecule has 0 spiro atoms. The van der Waals surface area contributed by atoms with Crippen LogP contribution in [0.2, 0.25) is 0 Å². The first-order valence-corrected chi connectivity index (χ1v) is 4.72. The summed E-state index contributed by atoms with van der Waals surface area (Å²) in [4.78, 5) is 14.5. The summed E-state index contributed by atoms with van der Waals surface area (Å²) in [6.07, 6.45) is -0.0340. The number of hydrogen-bond acceptors (Lipinski definition) is 4. The lowest BCUT2D eigenvalue weighted by Crippen LogP contribution is -2.13. The van der Waals surface area contributed by atoms with E-state index in [9.17, 15) is 4.79 Å². The van der Waals surface area contributed by atoms with Crippen LogP contribution in [0.25, 0.3) is 0 Å². The summed E-state index contributed by atoms with van der Waals surface area (Å²) >= 11 is 1.16. The van der Waals surface area contributed by atoms with Crippen LogP contribution in [0, 0.1) is 0 Å². The van der Waals surface area contributed by atoms with Crippen molar-refractivity contribution >= 4 is 17.5 Å². The molecule has 1 aromatic rings. The van der Waals surface area contributed by atoms with Crippen molar-refractivity contribution < 1.29 is 9.90 Å². The number of nitrogens with zero attached hydrogens (tertiary/aromatic N) is 2. The highest BCUT2D eigenvalue weighted by Crippen LogP contribution is 2.20. The van der Waals surface area contributed by atoms with Gasteiger partial charge in [0.2, 0.25) is 0 Å². The molecule has 1 aromatic heterocycles. The van der Waals surface area contributed by atoms with Gasteiger partial charge in [-0.05, 0) is 11.5 Å². The van der Waals surface area contributed by atoms with Gasteiger partial charge in [0.05, 0.1) is 6.42 Å². The molecule has 0 atom stereocenters. The highest BCUT2D eigenvalue weighted by atomic mass is 32.1. The van der Waals surface area contributed by atoms with Gasteiger partial charge in [-0.3, -0.25) is 4.79 Å². The van der Waals surface area contributed by atoms with E-state index >= 15 is 0 Å². The van der Waals surface area contributed by atoms with Crippen molar-refractivity contribution in [2.75, 3.05) is 0 Å². The molecule has 5 heteroatoms. The molecule has 1 N–H and O–H groups in total. The van der Waals surface area contributed by atoms with Crippen molar-refractivity contribution in [1.29, 1.82) is 0 Å². The standard InChI is InChI=1S/C8H12N2O2S/c1-8(2,3)7-9-5(13-10-7)4-6(11)12/h4H2,1-3H3,(H,11,12). The first kappa shape index (κ1) is 10.1. The normalized spacial score (nSPS) is 11.6. The molecule has 0 aliphatic heterocycles. The minimum atomic E-state index is -0.864. The average molecular weight is 200 g/mol. The Bertz CT molecular complexity index is 314. The smallest absolute Gasteiger partial charge is 0.310 e. The lowest BCUT2D eigenvalue weighted by atomic mass is 9.96. The number of carboxylic acids is 1. The van der Waals surface area contributed by atoms with E-state index in [1.165, 1.54) is 0 Å². The largest absolute Gasteiger partial charge is 0.481 e. The Hall–Kier alpha value is -0.970. The molecule has 0 aromatic carbocycles. The lowest BCUT2D eigenvalue weighted by molar-refractivity contribution is -0.136. The number of carbonyl (C=O) groups is 1. The first-order valence-electron chi connectivity index (χ1n) is 3.94. The second kappa shape index (κ2) is 3.41. The third kappa shape index (κ3) is 2.77. The summed E-state index contributed by atoms with van der Waals surface area (Å²) in [5, 5.41) is 9.08. The van der Waals surface area contributed by atoms with Gasteiger partial charge in [-0.25, -0.2) is 4.98 Å². The SMILES string of the molecule is CC(C)(C)c1nsc(CC(=O)O)n1. The number of aliphatic carboxylic acids is 1. The Morgan fingerprint density at radius 1 is 1.54 bits per heavy atom. The average Bonchev–Trinajstić information content (AvgIpc) is 2.32. The van der Waals surface area contributed by atoms with E-state index in [1.54, 1.807) is 0 Å². The summed E-state index contributed by atoms with van der Waals surface area (Å²) in [7, 11) is 0. The lowest BCUT2D eigenvalue weighted by Gasteiger charge is -2.12. The zero-order valence-corrected chi connectivity index (χ0v) is 8.68. The number of aromatic nitrogens is 2. The van der Waals surface area contributed by atoms with E-state index in [4.69, 9.17) is 5.11 Å². The minimum absolute atomic E-state index is 0.0340. The van der Waals surface area contributed by atoms with Gasteiger partial charge in [0.15, 0.2) is 0 Å². The van der Waals surface area contributed by atoms with Gasteiger partial charge in [-0.1, -0.05) is 20.8 Å². The van der Waals surface area contributed by atoms with Crippen molar-refractivity contribution in [2.45, 2.75) is 32.6 Å². The van der Waals surface area contributed by atoms with E-state index in [1.807, 2.05) is 20.8 Å². The summed E-state index contributed by atoms with van der Waals surface area (Å²) in [6.45, 7) is 6.00. The molecule has 0 unspecified atom stereocenters. The Labute approximate surface area is 80.8 Å². The van der Waals surface area contributed by atoms with E-state index < -0.39 is 5.97 Å². The van der Waals surface area contributed by atoms with E-state index in [-0.39, 0.29) is 11.8 Å². The Morgan fingerprint density at radius 3 is 2.54 bits per heavy atom. The second-order valence-corrected chi connectivity index (χ2v) is 4.67. The molecule has 0 amide bonds. The van der Waals surface area contributed by atoms with Crippen molar-refractivity contribution in [1.82, 2.24) is 9.36 Å². The maximum absolute atomic E-state index is 10.4. The number of carboxylic acid groups (broad SMARTS) is 1. The van der Waals surface area contributed by atoms with Crippen LogP contribution in [0.4, 0.5) is 0 Å². The molecular weight excluding hydrogens is 188 g/mol. The van der Waals surface area contributed by atoms with Crippen LogP contribution in [-0.2, 0) is 16.6 Å². The van der Waals surface area contributed by atoms with Crippen LogP contribution in [0.5, 0.6) is 0 Å². The molecule has 0 fully saturated rings. The fourth-order valence-corrected chi connectivity index (χ4v) is 1.58. The van der Waals surface area contributed by atoms with Gasteiger partial charge in [0.1, 0.15) is 10.8 Å². The number of rotatable bonds is 2. The summed E-state index contributed by atoms with van der Waals surface area (Å²) in [5.74, 6) is -0.148. The van der Waals surface area contributed by atoms with Crippen LogP contribution in [-0.4, -0.2) is 20.4 Å². The third-order valence-corrected chi connectivity index (χ3v) is 2.15. The molecule has 72 valence electrons. The Balaban J connectivity index is 2.81. The van der Waals surface area contributed by atoms with Crippen LogP contribution in [0.1, 0.15) is 31.6 Å². The van der Waals surface area contributed by atoms with Crippen molar-refractivity contribution in [3.63, 3.8) is 0 Å². The van der Waals surface area contributed by atoms with Gasteiger partial charge < -0.3 is 5.11 Å². The van der Waals surface area contributed by atoms with Gasteiger partial charge in [-0.15, -0.1) is 0 Å². The molecule has 4 nitrogen and oxygen atoms in total. The molecule has 0 aliphatic rings. The van der Waals surface area contributed by atoms with Crippen LogP contribution < -0.4 is 0 Å². The fourth-order valence-electron chi connectivity index (χ4n) is 0.761. The van der Waals surface area contributed by atoms with E-state index in [2.05, 4.69) is 9.36 Å². The first-order chi connectivity index (χ1) is 5.89. The van der Waals surface area contributed by atoms with Crippen molar-refractivity contribution in [3.8, 4) is 0 Å². The molecule has 1 heterocycles. The van der Waals surface area contributed by atoms with Gasteiger partial charge in [-0.2, -0.15) is 4.37 Å². The number of hydrogen-bond donors (Lipinski definition) is 1. The highest BCUT2D eigenvalue weighted by Gasteiger charge is 2.19. The monoisotopic (exact) mass is 200 g/mol. The summed E-state index contributed by atoms with van der Waals surface area (Å²) in [6, 6.07) is 0. The molecule has 13 heavy (non-hydrogen) atoms. The second-order valence-electron chi connectivity index (χ2n) is 3.83. The zero-order chi connectivity index (χ0) is 10.1. The maximum atomic E-state index is 10.4. The summed E-state index contributed by atoms with van der Waals surface area (Å²) in [5.41, 5.74) is -0.104. The molecule has 1 rings (SSSR count). The van der Waals surface area contributed by atoms with Crippen molar-refractivity contribution in [3.05, 3.63) is 10.8 Å². The van der Waals surface area contributed by atoms with E-state index in [0.717, 1.165) is 11.5 Å². The highest BCUT2D eigenvalue weighted by molar-refractivity contribution is 7.05. The minimum Gasteiger partial charge on any atom is -0.481 e. The van der Waals surface area contributed by atoms with Crippen LogP contribution in [0.3, 0.4) is 0 Å². The quantitative estimate of drug-likeness (QED) is 0.785. The maximum Gasteiger partial charge on any atom is 0.310 e. The molecule has 0 saturated carbocycles. The van der Waals surface area contributed by atoms with Gasteiger partial charge in [0.25, 0.3) is 0 Å². The van der Waals surface area contributed by atoms with Crippen LogP contribution >= 0.6 is 11.5 Å². The van der Waals surface area contributed by atoms with E-state index in [0.29, 0.717) is 10.8 Å². The fraction of sp³-hybridized carbons (Fsp3) is 0.625. The Kier molecular flexibility index (Phi) is 2.66. The van der Waals surface area contributed by atoms with Gasteiger partial charge in [0, 0.05) is 5.41 Å². The zero-order valence-electron chi connectivity index (χ0n) is 7.87. The van der Waals surface area contributed by atoms with Gasteiger partial charge >= 0.3 is 5.97 Å². The predicted molar refractivity (Wildman–Crippen MR) is 49.9 cm³/mol.